The number of nitrogens with one attached hydrogen (secondary N) is 1. The minimum Gasteiger partial charge on any atom is -0.497 e. The van der Waals surface area contributed by atoms with Crippen molar-refractivity contribution in [3.63, 3.8) is 0 Å². The summed E-state index contributed by atoms with van der Waals surface area (Å²) in [4.78, 5) is 25.8. The number of nitrogens with zero attached hydrogens (tertiary/aromatic N) is 3. The highest BCUT2D eigenvalue weighted by atomic mass is 16.5. The van der Waals surface area contributed by atoms with Crippen LogP contribution in [0.15, 0.2) is 27.5 Å². The highest BCUT2D eigenvalue weighted by molar-refractivity contribution is 5.95. The molecule has 0 bridgehead atoms. The molecule has 0 aliphatic carbocycles. The predicted molar refractivity (Wildman–Crippen MR) is 103 cm³/mol. The lowest BCUT2D eigenvalue weighted by molar-refractivity contribution is -0.119. The van der Waals surface area contributed by atoms with Gasteiger partial charge in [-0.15, -0.1) is 0 Å². The summed E-state index contributed by atoms with van der Waals surface area (Å²) in [5.41, 5.74) is 0.694. The van der Waals surface area contributed by atoms with Gasteiger partial charge in [0.15, 0.2) is 5.52 Å². The molecule has 148 valence electrons. The molecule has 0 saturated carbocycles. The van der Waals surface area contributed by atoms with Gasteiger partial charge in [0, 0.05) is 6.07 Å². The van der Waals surface area contributed by atoms with E-state index >= 15 is 0 Å². The van der Waals surface area contributed by atoms with Gasteiger partial charge < -0.3 is 19.3 Å². The number of ether oxygens (including phenoxy) is 2. The van der Waals surface area contributed by atoms with Crippen molar-refractivity contribution in [1.82, 2.24) is 14.9 Å². The SMILES string of the molecule is CC[C@@H](C(=O)Nc1cc(OC)ccc1OC)n1nc(C)c2c(C)onc2c1=O. The van der Waals surface area contributed by atoms with E-state index in [1.807, 2.05) is 0 Å². The first-order valence-electron chi connectivity index (χ1n) is 8.79. The third-order valence-electron chi connectivity index (χ3n) is 4.54. The molecule has 9 nitrogen and oxygen atoms in total. The largest absolute Gasteiger partial charge is 0.497 e. The van der Waals surface area contributed by atoms with Crippen molar-refractivity contribution in [3.8, 4) is 11.5 Å². The number of hydrogen-bond acceptors (Lipinski definition) is 7. The van der Waals surface area contributed by atoms with Crippen LogP contribution in [0.5, 0.6) is 11.5 Å². The number of rotatable bonds is 6. The van der Waals surface area contributed by atoms with Crippen molar-refractivity contribution >= 4 is 22.5 Å². The van der Waals surface area contributed by atoms with E-state index in [1.165, 1.54) is 14.2 Å². The summed E-state index contributed by atoms with van der Waals surface area (Å²) in [6.07, 6.45) is 0.354. The zero-order valence-electron chi connectivity index (χ0n) is 16.4. The van der Waals surface area contributed by atoms with E-state index in [2.05, 4.69) is 15.6 Å². The molecule has 1 N–H and O–H groups in total. The number of carbonyl (C=O) groups is 1. The van der Waals surface area contributed by atoms with E-state index in [-0.39, 0.29) is 5.52 Å². The van der Waals surface area contributed by atoms with Crippen molar-refractivity contribution in [2.24, 2.45) is 0 Å². The zero-order valence-corrected chi connectivity index (χ0v) is 16.4. The molecule has 0 fully saturated rings. The molecule has 3 aromatic rings. The monoisotopic (exact) mass is 386 g/mol. The number of carbonyl (C=O) groups excluding carboxylic acids is 1. The summed E-state index contributed by atoms with van der Waals surface area (Å²) in [6, 6.07) is 4.23. The second kappa shape index (κ2) is 7.71. The molecule has 0 radical (unpaired) electrons. The van der Waals surface area contributed by atoms with E-state index in [4.69, 9.17) is 14.0 Å². The molecular weight excluding hydrogens is 364 g/mol. The third kappa shape index (κ3) is 3.30. The Labute approximate surface area is 161 Å². The lowest BCUT2D eigenvalue weighted by Gasteiger charge is -2.18. The van der Waals surface area contributed by atoms with Crippen LogP contribution in [0.3, 0.4) is 0 Å². The van der Waals surface area contributed by atoms with E-state index < -0.39 is 17.5 Å². The summed E-state index contributed by atoms with van der Waals surface area (Å²) < 4.78 is 16.8. The quantitative estimate of drug-likeness (QED) is 0.693. The molecule has 1 atom stereocenters. The highest BCUT2D eigenvalue weighted by Gasteiger charge is 2.25. The number of amides is 1. The van der Waals surface area contributed by atoms with Crippen LogP contribution in [0.25, 0.3) is 10.9 Å². The van der Waals surface area contributed by atoms with E-state index in [1.54, 1.807) is 39.0 Å². The summed E-state index contributed by atoms with van der Waals surface area (Å²) in [5.74, 6) is 1.16. The summed E-state index contributed by atoms with van der Waals surface area (Å²) in [5, 5.41) is 11.5. The number of aromatic nitrogens is 3. The van der Waals surface area contributed by atoms with Crippen molar-refractivity contribution in [3.05, 3.63) is 40.0 Å². The molecule has 0 spiro atoms. The van der Waals surface area contributed by atoms with Crippen molar-refractivity contribution < 1.29 is 18.8 Å². The Morgan fingerprint density at radius 1 is 1.29 bits per heavy atom. The number of fused-ring (bicyclic) bond motifs is 1. The van der Waals surface area contributed by atoms with Gasteiger partial charge >= 0.3 is 0 Å². The second-order valence-corrected chi connectivity index (χ2v) is 6.28. The first kappa shape index (κ1) is 19.4. The molecule has 2 aromatic heterocycles. The van der Waals surface area contributed by atoms with E-state index in [9.17, 15) is 9.59 Å². The van der Waals surface area contributed by atoms with Crippen LogP contribution in [-0.2, 0) is 4.79 Å². The van der Waals surface area contributed by atoms with Gasteiger partial charge in [-0.3, -0.25) is 9.59 Å². The lowest BCUT2D eigenvalue weighted by atomic mass is 10.1. The molecule has 1 amide bonds. The molecule has 3 rings (SSSR count). The molecule has 0 aliphatic rings. The zero-order chi connectivity index (χ0) is 20.4. The Balaban J connectivity index is 2.01. The first-order valence-corrected chi connectivity index (χ1v) is 8.79. The number of methoxy groups -OCH3 is 2. The van der Waals surface area contributed by atoms with Crippen molar-refractivity contribution in [2.45, 2.75) is 33.2 Å². The van der Waals surface area contributed by atoms with Gasteiger partial charge in [-0.05, 0) is 32.4 Å². The number of benzene rings is 1. The fraction of sp³-hybridized carbons (Fsp3) is 0.368. The van der Waals surface area contributed by atoms with Crippen LogP contribution >= 0.6 is 0 Å². The number of hydrogen-bond donors (Lipinski definition) is 1. The first-order chi connectivity index (χ1) is 13.4. The molecule has 0 aliphatic heterocycles. The maximum atomic E-state index is 13.0. The molecule has 2 heterocycles. The van der Waals surface area contributed by atoms with Crippen LogP contribution in [0.1, 0.15) is 30.8 Å². The van der Waals surface area contributed by atoms with Crippen molar-refractivity contribution in [1.29, 1.82) is 0 Å². The molecule has 0 unspecified atom stereocenters. The van der Waals surface area contributed by atoms with Gasteiger partial charge in [0.25, 0.3) is 5.56 Å². The van der Waals surface area contributed by atoms with Gasteiger partial charge in [-0.1, -0.05) is 12.1 Å². The average molecular weight is 386 g/mol. The topological polar surface area (TPSA) is 108 Å². The summed E-state index contributed by atoms with van der Waals surface area (Å²) >= 11 is 0. The van der Waals surface area contributed by atoms with Gasteiger partial charge in [0.2, 0.25) is 5.91 Å². The molecule has 1 aromatic carbocycles. The highest BCUT2D eigenvalue weighted by Crippen LogP contribution is 2.30. The maximum Gasteiger partial charge on any atom is 0.297 e. The standard InChI is InChI=1S/C19H22N4O5/c1-6-14(18(24)20-13-9-12(26-4)7-8-15(13)27-5)23-19(25)17-16(10(2)21-23)11(3)28-22-17/h7-9,14H,6H2,1-5H3,(H,20,24)/t14-/m0/s1. The Morgan fingerprint density at radius 3 is 2.68 bits per heavy atom. The van der Waals surface area contributed by atoms with Crippen molar-refractivity contribution in [2.75, 3.05) is 19.5 Å². The Hall–Kier alpha value is -3.36. The summed E-state index contributed by atoms with van der Waals surface area (Å²) in [7, 11) is 3.04. The van der Waals surface area contributed by atoms with Crippen LogP contribution in [-0.4, -0.2) is 35.1 Å². The fourth-order valence-corrected chi connectivity index (χ4v) is 3.12. The fourth-order valence-electron chi connectivity index (χ4n) is 3.12. The lowest BCUT2D eigenvalue weighted by Crippen LogP contribution is -2.35. The maximum absolute atomic E-state index is 13.0. The molecule has 28 heavy (non-hydrogen) atoms. The molecule has 9 heteroatoms. The molecule has 0 saturated heterocycles. The van der Waals surface area contributed by atoms with Gasteiger partial charge in [0.05, 0.1) is 31.0 Å². The minimum absolute atomic E-state index is 0.162. The van der Waals surface area contributed by atoms with Gasteiger partial charge in [-0.25, -0.2) is 4.68 Å². The summed E-state index contributed by atoms with van der Waals surface area (Å²) in [6.45, 7) is 5.26. The Bertz CT molecular complexity index is 1090. The normalized spacial score (nSPS) is 12.0. The third-order valence-corrected chi connectivity index (χ3v) is 4.54. The van der Waals surface area contributed by atoms with Crippen LogP contribution in [0, 0.1) is 13.8 Å². The van der Waals surface area contributed by atoms with Crippen LogP contribution < -0.4 is 20.3 Å². The van der Waals surface area contributed by atoms with Crippen LogP contribution in [0.2, 0.25) is 0 Å². The number of aryl methyl sites for hydroxylation is 2. The predicted octanol–water partition coefficient (Wildman–Crippen LogP) is 2.61. The minimum atomic E-state index is -0.830. The average Bonchev–Trinajstić information content (AvgIpc) is 3.08. The van der Waals surface area contributed by atoms with Gasteiger partial charge in [0.1, 0.15) is 23.3 Å². The van der Waals surface area contributed by atoms with Crippen LogP contribution in [0.4, 0.5) is 5.69 Å². The second-order valence-electron chi connectivity index (χ2n) is 6.28. The smallest absolute Gasteiger partial charge is 0.297 e. The number of anilines is 1. The molecular formula is C19H22N4O5. The van der Waals surface area contributed by atoms with Gasteiger partial charge in [-0.2, -0.15) is 5.10 Å². The van der Waals surface area contributed by atoms with E-state index in [0.717, 1.165) is 4.68 Å². The Kier molecular flexibility index (Phi) is 5.34. The Morgan fingerprint density at radius 2 is 2.04 bits per heavy atom. The van der Waals surface area contributed by atoms with E-state index in [0.29, 0.717) is 40.4 Å².